The largest absolute Gasteiger partial charge is 0.390 e. The van der Waals surface area contributed by atoms with E-state index in [0.29, 0.717) is 6.04 Å². The topological polar surface area (TPSA) is 54.2 Å². The Bertz CT molecular complexity index is 382. The minimum Gasteiger partial charge on any atom is -0.390 e. The Morgan fingerprint density at radius 1 is 1.33 bits per heavy atom. The molecule has 0 aromatic carbocycles. The molecule has 0 spiro atoms. The van der Waals surface area contributed by atoms with Crippen LogP contribution in [0, 0.1) is 0 Å². The molecule has 0 amide bonds. The fourth-order valence-corrected chi connectivity index (χ4v) is 2.83. The average Bonchev–Trinajstić information content (AvgIpc) is 2.59. The molecule has 5 nitrogen and oxygen atoms in total. The van der Waals surface area contributed by atoms with Gasteiger partial charge in [-0.15, -0.1) is 10.2 Å². The minimum atomic E-state index is -0.625. The maximum atomic E-state index is 9.70. The average molecular weight is 272 g/mol. The van der Waals surface area contributed by atoms with E-state index >= 15 is 0 Å². The van der Waals surface area contributed by atoms with Gasteiger partial charge in [-0.1, -0.05) is 11.8 Å². The maximum Gasteiger partial charge on any atom is 0.227 e. The summed E-state index contributed by atoms with van der Waals surface area (Å²) in [5, 5.41) is 19.1. The fourth-order valence-electron chi connectivity index (χ4n) is 1.52. The summed E-state index contributed by atoms with van der Waals surface area (Å²) < 4.78 is 2.12. The van der Waals surface area contributed by atoms with Gasteiger partial charge in [-0.05, 0) is 34.1 Å². The van der Waals surface area contributed by atoms with Crippen LogP contribution in [0.4, 0.5) is 5.95 Å². The molecule has 0 aliphatic rings. The second-order valence-electron chi connectivity index (χ2n) is 5.55. The molecule has 0 saturated carbocycles. The summed E-state index contributed by atoms with van der Waals surface area (Å²) >= 11 is 1.64. The smallest absolute Gasteiger partial charge is 0.227 e. The molecule has 6 heteroatoms. The molecular formula is C12H24N4OS. The number of hydrogen-bond acceptors (Lipinski definition) is 5. The van der Waals surface area contributed by atoms with E-state index in [-0.39, 0.29) is 0 Å². The van der Waals surface area contributed by atoms with E-state index in [9.17, 15) is 5.11 Å². The number of hydrogen-bond donors (Lipinski definition) is 1. The van der Waals surface area contributed by atoms with Crippen molar-refractivity contribution in [2.24, 2.45) is 0 Å². The van der Waals surface area contributed by atoms with Gasteiger partial charge in [-0.25, -0.2) is 0 Å². The lowest BCUT2D eigenvalue weighted by Gasteiger charge is -2.19. The zero-order chi connectivity index (χ0) is 13.9. The molecule has 1 aromatic heterocycles. The third-order valence-corrected chi connectivity index (χ3v) is 3.45. The first-order valence-corrected chi connectivity index (χ1v) is 7.18. The van der Waals surface area contributed by atoms with Crippen molar-refractivity contribution < 1.29 is 5.11 Å². The first-order valence-electron chi connectivity index (χ1n) is 6.20. The van der Waals surface area contributed by atoms with Crippen molar-refractivity contribution in [2.45, 2.75) is 50.9 Å². The third-order valence-electron chi connectivity index (χ3n) is 2.51. The highest BCUT2D eigenvalue weighted by Gasteiger charge is 2.18. The monoisotopic (exact) mass is 272 g/mol. The SMILES string of the molecule is CC(C)n1c(SCCC(C)(C)O)nnc1N(C)C. The lowest BCUT2D eigenvalue weighted by Crippen LogP contribution is -2.19. The first kappa shape index (κ1) is 15.3. The predicted octanol–water partition coefficient (Wildman–Crippen LogP) is 2.18. The Labute approximate surface area is 114 Å². The van der Waals surface area contributed by atoms with Crippen molar-refractivity contribution in [2.75, 3.05) is 24.7 Å². The summed E-state index contributed by atoms with van der Waals surface area (Å²) in [4.78, 5) is 1.97. The zero-order valence-electron chi connectivity index (χ0n) is 12.1. The number of rotatable bonds is 6. The summed E-state index contributed by atoms with van der Waals surface area (Å²) in [6.07, 6.45) is 0.736. The maximum absolute atomic E-state index is 9.70. The molecule has 1 aromatic rings. The van der Waals surface area contributed by atoms with E-state index in [4.69, 9.17) is 0 Å². The highest BCUT2D eigenvalue weighted by Crippen LogP contribution is 2.26. The molecule has 0 fully saturated rings. The fraction of sp³-hybridized carbons (Fsp3) is 0.833. The number of aliphatic hydroxyl groups is 1. The van der Waals surface area contributed by atoms with Crippen LogP contribution in [-0.2, 0) is 0 Å². The standard InChI is InChI=1S/C12H24N4OS/c1-9(2)16-10(15(5)6)13-14-11(16)18-8-7-12(3,4)17/h9,17H,7-8H2,1-6H3. The number of nitrogens with zero attached hydrogens (tertiary/aromatic N) is 4. The lowest BCUT2D eigenvalue weighted by molar-refractivity contribution is 0.0777. The summed E-state index contributed by atoms with van der Waals surface area (Å²) in [5.74, 6) is 1.71. The number of anilines is 1. The van der Waals surface area contributed by atoms with Gasteiger partial charge in [0.15, 0.2) is 5.16 Å². The van der Waals surface area contributed by atoms with Crippen LogP contribution in [0.1, 0.15) is 40.2 Å². The number of aromatic nitrogens is 3. The van der Waals surface area contributed by atoms with Gasteiger partial charge < -0.3 is 10.0 Å². The molecule has 0 aliphatic heterocycles. The number of thioether (sulfide) groups is 1. The van der Waals surface area contributed by atoms with Crippen LogP contribution < -0.4 is 4.90 Å². The van der Waals surface area contributed by atoms with Crippen LogP contribution in [-0.4, -0.2) is 45.3 Å². The second-order valence-corrected chi connectivity index (χ2v) is 6.61. The van der Waals surface area contributed by atoms with Gasteiger partial charge in [0.05, 0.1) is 5.60 Å². The van der Waals surface area contributed by atoms with E-state index in [1.165, 1.54) is 0 Å². The summed E-state index contributed by atoms with van der Waals surface area (Å²) in [5.41, 5.74) is -0.625. The van der Waals surface area contributed by atoms with Gasteiger partial charge in [0.2, 0.25) is 5.95 Å². The van der Waals surface area contributed by atoms with E-state index in [2.05, 4.69) is 28.6 Å². The van der Waals surface area contributed by atoms with Crippen LogP contribution in [0.2, 0.25) is 0 Å². The molecule has 0 bridgehead atoms. The molecule has 0 saturated heterocycles. The lowest BCUT2D eigenvalue weighted by atomic mass is 10.1. The van der Waals surface area contributed by atoms with Crippen LogP contribution in [0.3, 0.4) is 0 Å². The minimum absolute atomic E-state index is 0.321. The molecule has 1 N–H and O–H groups in total. The molecule has 0 radical (unpaired) electrons. The Morgan fingerprint density at radius 2 is 1.94 bits per heavy atom. The molecule has 1 rings (SSSR count). The quantitative estimate of drug-likeness (QED) is 0.804. The molecule has 18 heavy (non-hydrogen) atoms. The predicted molar refractivity (Wildman–Crippen MR) is 76.4 cm³/mol. The Balaban J connectivity index is 2.77. The van der Waals surface area contributed by atoms with E-state index in [1.54, 1.807) is 11.8 Å². The van der Waals surface area contributed by atoms with Crippen LogP contribution in [0.15, 0.2) is 5.16 Å². The summed E-state index contributed by atoms with van der Waals surface area (Å²) in [7, 11) is 3.93. The van der Waals surface area contributed by atoms with Crippen molar-refractivity contribution in [1.82, 2.24) is 14.8 Å². The summed E-state index contributed by atoms with van der Waals surface area (Å²) in [6, 6.07) is 0.321. The van der Waals surface area contributed by atoms with Crippen molar-refractivity contribution in [3.05, 3.63) is 0 Å². The highest BCUT2D eigenvalue weighted by molar-refractivity contribution is 7.99. The van der Waals surface area contributed by atoms with E-state index in [0.717, 1.165) is 23.3 Å². The molecular weight excluding hydrogens is 248 g/mol. The molecule has 0 unspecified atom stereocenters. The molecule has 0 atom stereocenters. The molecule has 104 valence electrons. The molecule has 0 aliphatic carbocycles. The highest BCUT2D eigenvalue weighted by atomic mass is 32.2. The van der Waals surface area contributed by atoms with Crippen LogP contribution in [0.5, 0.6) is 0 Å². The first-order chi connectivity index (χ1) is 8.22. The van der Waals surface area contributed by atoms with Crippen LogP contribution >= 0.6 is 11.8 Å². The van der Waals surface area contributed by atoms with E-state index < -0.39 is 5.60 Å². The van der Waals surface area contributed by atoms with Crippen molar-refractivity contribution in [3.8, 4) is 0 Å². The van der Waals surface area contributed by atoms with Crippen molar-refractivity contribution in [3.63, 3.8) is 0 Å². The third kappa shape index (κ3) is 4.17. The van der Waals surface area contributed by atoms with Gasteiger partial charge in [-0.2, -0.15) is 0 Å². The van der Waals surface area contributed by atoms with Crippen molar-refractivity contribution in [1.29, 1.82) is 0 Å². The van der Waals surface area contributed by atoms with Gasteiger partial charge in [-0.3, -0.25) is 4.57 Å². The Kier molecular flexibility index (Phi) is 5.04. The zero-order valence-corrected chi connectivity index (χ0v) is 13.0. The Hall–Kier alpha value is -0.750. The van der Waals surface area contributed by atoms with Gasteiger partial charge in [0, 0.05) is 25.9 Å². The van der Waals surface area contributed by atoms with Crippen LogP contribution in [0.25, 0.3) is 0 Å². The summed E-state index contributed by atoms with van der Waals surface area (Å²) in [6.45, 7) is 7.89. The van der Waals surface area contributed by atoms with Gasteiger partial charge in [0.25, 0.3) is 0 Å². The van der Waals surface area contributed by atoms with Crippen molar-refractivity contribution >= 4 is 17.7 Å². The van der Waals surface area contributed by atoms with E-state index in [1.807, 2.05) is 32.8 Å². The van der Waals surface area contributed by atoms with Gasteiger partial charge in [0.1, 0.15) is 0 Å². The molecule has 1 heterocycles. The Morgan fingerprint density at radius 3 is 2.39 bits per heavy atom. The van der Waals surface area contributed by atoms with Gasteiger partial charge >= 0.3 is 0 Å². The second kappa shape index (κ2) is 5.93. The normalized spacial score (nSPS) is 12.2.